The van der Waals surface area contributed by atoms with Gasteiger partial charge in [0.1, 0.15) is 0 Å². The van der Waals surface area contributed by atoms with Gasteiger partial charge in [0.15, 0.2) is 0 Å². The molecule has 0 fully saturated rings. The van der Waals surface area contributed by atoms with Crippen LogP contribution in [0.15, 0.2) is 60.7 Å². The lowest BCUT2D eigenvalue weighted by Gasteiger charge is -2.18. The van der Waals surface area contributed by atoms with E-state index in [4.69, 9.17) is 0 Å². The van der Waals surface area contributed by atoms with E-state index in [-0.39, 0.29) is 7.92 Å². The fraction of sp³-hybridized carbons (Fsp3) is 0.143. The van der Waals surface area contributed by atoms with Gasteiger partial charge in [-0.15, -0.1) is 0 Å². The lowest BCUT2D eigenvalue weighted by Crippen LogP contribution is -2.78. The predicted molar refractivity (Wildman–Crippen MR) is 74.1 cm³/mol. The zero-order chi connectivity index (χ0) is 11.9. The maximum atomic E-state index is 10.6. The topological polar surface area (TPSA) is 39.7 Å². The molecule has 0 aliphatic rings. The maximum Gasteiger partial charge on any atom is 0.0798 e. The molecule has 0 aliphatic carbocycles. The molecule has 0 bridgehead atoms. The number of hydrogen-bond donors (Lipinski definition) is 1. The Balaban J connectivity index is 2.26. The number of rotatable bonds is 5. The van der Waals surface area contributed by atoms with E-state index < -0.39 is 0 Å². The molecule has 0 heterocycles. The number of benzene rings is 2. The van der Waals surface area contributed by atoms with Crippen molar-refractivity contribution in [3.63, 3.8) is 0 Å². The monoisotopic (exact) mass is 245 g/mol. The summed E-state index contributed by atoms with van der Waals surface area (Å²) in [5.74, 6) is 0. The van der Waals surface area contributed by atoms with Crippen LogP contribution in [0.25, 0.3) is 0 Å². The Morgan fingerprint density at radius 1 is 0.824 bits per heavy atom. The highest BCUT2D eigenvalue weighted by Crippen LogP contribution is 2.31. The summed E-state index contributed by atoms with van der Waals surface area (Å²) in [5.41, 5.74) is 1.02. The van der Waals surface area contributed by atoms with Crippen LogP contribution in [0, 0.1) is 5.21 Å². The molecule has 0 atom stereocenters. The molecule has 0 radical (unpaired) electrons. The minimum Gasteiger partial charge on any atom is -0.636 e. The third-order valence-corrected chi connectivity index (χ3v) is 5.15. The number of nitrogens with two attached hydrogens (primary N) is 1. The summed E-state index contributed by atoms with van der Waals surface area (Å²) >= 11 is 0. The smallest absolute Gasteiger partial charge is 0.0798 e. The number of quaternary nitrogens is 1. The van der Waals surface area contributed by atoms with E-state index in [0.29, 0.717) is 6.54 Å². The van der Waals surface area contributed by atoms with E-state index in [0.717, 1.165) is 11.6 Å². The fourth-order valence-electron chi connectivity index (χ4n) is 1.80. The summed E-state index contributed by atoms with van der Waals surface area (Å²) in [5, 5.41) is 13.3. The van der Waals surface area contributed by atoms with E-state index in [2.05, 4.69) is 48.5 Å². The van der Waals surface area contributed by atoms with E-state index in [1.807, 2.05) is 12.1 Å². The molecule has 2 aromatic carbocycles. The van der Waals surface area contributed by atoms with Gasteiger partial charge in [0, 0.05) is 6.16 Å². The minimum atomic E-state index is -0.388. The number of hydrogen-bond acceptors (Lipinski definition) is 1. The zero-order valence-electron chi connectivity index (χ0n) is 9.62. The van der Waals surface area contributed by atoms with Crippen molar-refractivity contribution in [2.75, 3.05) is 12.7 Å². The van der Waals surface area contributed by atoms with Gasteiger partial charge in [-0.1, -0.05) is 60.7 Å². The Bertz CT molecular complexity index is 393. The standard InChI is InChI=1S/C14H16NOP/c16-15-11-12-17(13-7-3-1-4-8-13)14-9-5-2-6-10-14/h1-10H,11-12,15H2. The van der Waals surface area contributed by atoms with Crippen LogP contribution in [0.2, 0.25) is 0 Å². The van der Waals surface area contributed by atoms with E-state index in [9.17, 15) is 5.21 Å². The predicted octanol–water partition coefficient (Wildman–Crippen LogP) is 1.18. The van der Waals surface area contributed by atoms with Gasteiger partial charge >= 0.3 is 0 Å². The fourth-order valence-corrected chi connectivity index (χ4v) is 4.05. The first-order chi connectivity index (χ1) is 8.42. The molecule has 0 spiro atoms. The molecule has 17 heavy (non-hydrogen) atoms. The second-order valence-electron chi connectivity index (χ2n) is 3.78. The van der Waals surface area contributed by atoms with Crippen LogP contribution in [-0.2, 0) is 0 Å². The SMILES string of the molecule is [O-][NH2+]CCP(c1ccccc1)c1ccccc1. The largest absolute Gasteiger partial charge is 0.636 e. The lowest BCUT2D eigenvalue weighted by molar-refractivity contribution is -0.584. The highest BCUT2D eigenvalue weighted by Gasteiger charge is 2.12. The quantitative estimate of drug-likeness (QED) is 0.623. The molecule has 0 saturated heterocycles. The molecule has 2 rings (SSSR count). The highest BCUT2D eigenvalue weighted by molar-refractivity contribution is 7.73. The van der Waals surface area contributed by atoms with Crippen LogP contribution in [0.4, 0.5) is 0 Å². The Kier molecular flexibility index (Phi) is 4.69. The molecular formula is C14H16NOP. The molecule has 3 heteroatoms. The van der Waals surface area contributed by atoms with Gasteiger partial charge in [-0.25, -0.2) is 0 Å². The van der Waals surface area contributed by atoms with Gasteiger partial charge in [0.2, 0.25) is 0 Å². The van der Waals surface area contributed by atoms with Crippen molar-refractivity contribution >= 4 is 18.5 Å². The van der Waals surface area contributed by atoms with Crippen LogP contribution in [0.1, 0.15) is 0 Å². The second-order valence-corrected chi connectivity index (χ2v) is 6.11. The first kappa shape index (κ1) is 12.3. The molecule has 0 aromatic heterocycles. The molecule has 88 valence electrons. The van der Waals surface area contributed by atoms with Crippen LogP contribution in [0.3, 0.4) is 0 Å². The summed E-state index contributed by atoms with van der Waals surface area (Å²) in [6.07, 6.45) is 0.937. The van der Waals surface area contributed by atoms with Crippen molar-refractivity contribution in [2.24, 2.45) is 0 Å². The lowest BCUT2D eigenvalue weighted by atomic mass is 10.4. The van der Waals surface area contributed by atoms with Crippen LogP contribution in [-0.4, -0.2) is 12.7 Å². The van der Waals surface area contributed by atoms with Crippen molar-refractivity contribution in [2.45, 2.75) is 0 Å². The van der Waals surface area contributed by atoms with E-state index in [1.54, 1.807) is 0 Å². The van der Waals surface area contributed by atoms with Gasteiger partial charge in [0.05, 0.1) is 6.54 Å². The number of hydroxylamine groups is 1. The average molecular weight is 245 g/mol. The minimum absolute atomic E-state index is 0.388. The van der Waals surface area contributed by atoms with Gasteiger partial charge in [0.25, 0.3) is 0 Å². The highest BCUT2D eigenvalue weighted by atomic mass is 31.1. The molecule has 0 saturated carbocycles. The summed E-state index contributed by atoms with van der Waals surface area (Å²) in [6.45, 7) is 0.634. The summed E-state index contributed by atoms with van der Waals surface area (Å²) in [6, 6.07) is 20.9. The average Bonchev–Trinajstić information content (AvgIpc) is 2.42. The van der Waals surface area contributed by atoms with Crippen LogP contribution >= 0.6 is 7.92 Å². The molecular weight excluding hydrogens is 229 g/mol. The molecule has 0 amide bonds. The zero-order valence-corrected chi connectivity index (χ0v) is 10.5. The normalized spacial score (nSPS) is 10.7. The Morgan fingerprint density at radius 3 is 1.71 bits per heavy atom. The van der Waals surface area contributed by atoms with E-state index >= 15 is 0 Å². The van der Waals surface area contributed by atoms with Crippen molar-refractivity contribution in [1.29, 1.82) is 0 Å². The molecule has 2 N–H and O–H groups in total. The third-order valence-electron chi connectivity index (χ3n) is 2.61. The molecule has 2 aromatic rings. The maximum absolute atomic E-state index is 10.6. The Morgan fingerprint density at radius 2 is 1.29 bits per heavy atom. The van der Waals surface area contributed by atoms with E-state index in [1.165, 1.54) is 10.6 Å². The Labute approximate surface area is 103 Å². The third kappa shape index (κ3) is 3.37. The summed E-state index contributed by atoms with van der Waals surface area (Å²) < 4.78 is 0. The van der Waals surface area contributed by atoms with Crippen LogP contribution < -0.4 is 16.1 Å². The first-order valence-corrected chi connectivity index (χ1v) is 7.26. The van der Waals surface area contributed by atoms with Gasteiger partial charge in [-0.05, 0) is 18.5 Å². The summed E-state index contributed by atoms with van der Waals surface area (Å²) in [7, 11) is -0.388. The van der Waals surface area contributed by atoms with Gasteiger partial charge in [-0.2, -0.15) is 0 Å². The van der Waals surface area contributed by atoms with Crippen molar-refractivity contribution in [3.05, 3.63) is 65.9 Å². The van der Waals surface area contributed by atoms with Crippen LogP contribution in [0.5, 0.6) is 0 Å². The Hall–Kier alpha value is -1.21. The van der Waals surface area contributed by atoms with Gasteiger partial charge < -0.3 is 10.7 Å². The van der Waals surface area contributed by atoms with Crippen molar-refractivity contribution < 1.29 is 5.48 Å². The molecule has 2 nitrogen and oxygen atoms in total. The first-order valence-electron chi connectivity index (χ1n) is 5.73. The van der Waals surface area contributed by atoms with Crippen molar-refractivity contribution in [1.82, 2.24) is 0 Å². The van der Waals surface area contributed by atoms with Crippen molar-refractivity contribution in [3.8, 4) is 0 Å². The van der Waals surface area contributed by atoms with Gasteiger partial charge in [-0.3, -0.25) is 0 Å². The second kappa shape index (κ2) is 6.51. The summed E-state index contributed by atoms with van der Waals surface area (Å²) in [4.78, 5) is 0. The molecule has 0 unspecified atom stereocenters. The molecule has 0 aliphatic heterocycles.